The summed E-state index contributed by atoms with van der Waals surface area (Å²) in [5, 5.41) is 13.0. The normalized spacial score (nSPS) is 11.2. The smallest absolute Gasteiger partial charge is 0.269 e. The average Bonchev–Trinajstić information content (AvgIpc) is 2.38. The van der Waals surface area contributed by atoms with Crippen LogP contribution in [-0.4, -0.2) is 22.8 Å². The Bertz CT molecular complexity index is 577. The van der Waals surface area contributed by atoms with Crippen LogP contribution in [0, 0.1) is 22.5 Å². The Morgan fingerprint density at radius 2 is 2.20 bits per heavy atom. The van der Waals surface area contributed by atoms with E-state index in [1.807, 2.05) is 0 Å². The number of hydrogen-bond donors (Lipinski definition) is 2. The van der Waals surface area contributed by atoms with E-state index in [0.717, 1.165) is 0 Å². The van der Waals surface area contributed by atoms with Crippen molar-refractivity contribution < 1.29 is 14.5 Å². The molecule has 3 N–H and O–H groups in total. The Kier molecular flexibility index (Phi) is 5.23. The molecule has 0 spiro atoms. The molecule has 7 heteroatoms. The lowest BCUT2D eigenvalue weighted by Crippen LogP contribution is -2.44. The Morgan fingerprint density at radius 3 is 2.75 bits per heavy atom. The van der Waals surface area contributed by atoms with Gasteiger partial charge in [-0.05, 0) is 5.56 Å². The van der Waals surface area contributed by atoms with Gasteiger partial charge in [0.05, 0.1) is 11.3 Å². The third kappa shape index (κ3) is 4.42. The minimum Gasteiger partial charge on any atom is -0.368 e. The van der Waals surface area contributed by atoms with E-state index in [2.05, 4.69) is 11.2 Å². The largest absolute Gasteiger partial charge is 0.368 e. The summed E-state index contributed by atoms with van der Waals surface area (Å²) in [6.07, 6.45) is 4.96. The minimum absolute atomic E-state index is 0.00396. The van der Waals surface area contributed by atoms with E-state index in [1.54, 1.807) is 6.07 Å². The van der Waals surface area contributed by atoms with Gasteiger partial charge >= 0.3 is 0 Å². The number of hydrogen-bond acceptors (Lipinski definition) is 4. The molecule has 0 aliphatic carbocycles. The van der Waals surface area contributed by atoms with Gasteiger partial charge in [0.1, 0.15) is 6.04 Å². The lowest BCUT2D eigenvalue weighted by atomic mass is 10.1. The zero-order chi connectivity index (χ0) is 15.1. The Hall–Kier alpha value is -2.88. The summed E-state index contributed by atoms with van der Waals surface area (Å²) in [5.74, 6) is 1.03. The highest BCUT2D eigenvalue weighted by Gasteiger charge is 2.17. The highest BCUT2D eigenvalue weighted by Crippen LogP contribution is 2.13. The summed E-state index contributed by atoms with van der Waals surface area (Å²) in [4.78, 5) is 32.8. The number of nitro benzene ring substituents is 1. The van der Waals surface area contributed by atoms with Gasteiger partial charge in [-0.3, -0.25) is 19.7 Å². The third-order valence-electron chi connectivity index (χ3n) is 2.49. The zero-order valence-corrected chi connectivity index (χ0v) is 10.5. The molecule has 0 aromatic heterocycles. The molecule has 0 aliphatic rings. The first kappa shape index (κ1) is 15.2. The molecule has 1 rings (SSSR count). The highest BCUT2D eigenvalue weighted by molar-refractivity contribution is 5.87. The maximum atomic E-state index is 11.7. The number of primary amides is 1. The van der Waals surface area contributed by atoms with Crippen molar-refractivity contribution in [3.8, 4) is 12.3 Å². The predicted octanol–water partition coefficient (Wildman–Crippen LogP) is 0.131. The number of nitrogens with two attached hydrogens (primary N) is 1. The first-order chi connectivity index (χ1) is 9.43. The molecule has 2 amide bonds. The van der Waals surface area contributed by atoms with Crippen LogP contribution in [0.25, 0.3) is 0 Å². The summed E-state index contributed by atoms with van der Waals surface area (Å²) >= 11 is 0. The monoisotopic (exact) mass is 275 g/mol. The molecule has 0 bridgehead atoms. The van der Waals surface area contributed by atoms with Gasteiger partial charge in [-0.2, -0.15) is 0 Å². The van der Waals surface area contributed by atoms with Crippen molar-refractivity contribution in [2.45, 2.75) is 18.9 Å². The molecule has 0 fully saturated rings. The fourth-order valence-corrected chi connectivity index (χ4v) is 1.55. The van der Waals surface area contributed by atoms with Crippen LogP contribution >= 0.6 is 0 Å². The summed E-state index contributed by atoms with van der Waals surface area (Å²) in [7, 11) is 0. The summed E-state index contributed by atoms with van der Waals surface area (Å²) < 4.78 is 0. The molecule has 0 heterocycles. The first-order valence-corrected chi connectivity index (χ1v) is 5.69. The fraction of sp³-hybridized carbons (Fsp3) is 0.231. The second-order valence-electron chi connectivity index (χ2n) is 4.03. The molecule has 0 unspecified atom stereocenters. The van der Waals surface area contributed by atoms with Gasteiger partial charge in [0.25, 0.3) is 5.69 Å². The third-order valence-corrected chi connectivity index (χ3v) is 2.49. The van der Waals surface area contributed by atoms with E-state index in [1.165, 1.54) is 18.2 Å². The van der Waals surface area contributed by atoms with Crippen LogP contribution in [0.5, 0.6) is 0 Å². The highest BCUT2D eigenvalue weighted by atomic mass is 16.6. The quantitative estimate of drug-likeness (QED) is 0.436. The molecule has 1 aromatic carbocycles. The van der Waals surface area contributed by atoms with Crippen LogP contribution in [0.4, 0.5) is 5.69 Å². The van der Waals surface area contributed by atoms with Gasteiger partial charge in [-0.1, -0.05) is 12.1 Å². The number of nitro groups is 1. The van der Waals surface area contributed by atoms with Crippen molar-refractivity contribution in [2.24, 2.45) is 5.73 Å². The van der Waals surface area contributed by atoms with Crippen molar-refractivity contribution in [1.29, 1.82) is 0 Å². The van der Waals surface area contributed by atoms with Crippen LogP contribution in [0.15, 0.2) is 24.3 Å². The molecule has 20 heavy (non-hydrogen) atoms. The van der Waals surface area contributed by atoms with Gasteiger partial charge in [0, 0.05) is 18.6 Å². The van der Waals surface area contributed by atoms with Crippen LogP contribution in [0.2, 0.25) is 0 Å². The zero-order valence-electron chi connectivity index (χ0n) is 10.5. The number of carbonyl (C=O) groups is 2. The lowest BCUT2D eigenvalue weighted by molar-refractivity contribution is -0.384. The van der Waals surface area contributed by atoms with Crippen LogP contribution in [0.3, 0.4) is 0 Å². The van der Waals surface area contributed by atoms with Crippen LogP contribution < -0.4 is 11.1 Å². The van der Waals surface area contributed by atoms with Crippen molar-refractivity contribution in [1.82, 2.24) is 5.32 Å². The van der Waals surface area contributed by atoms with E-state index in [4.69, 9.17) is 12.2 Å². The van der Waals surface area contributed by atoms with E-state index >= 15 is 0 Å². The number of benzene rings is 1. The maximum absolute atomic E-state index is 11.7. The molecular formula is C13H13N3O4. The molecule has 104 valence electrons. The van der Waals surface area contributed by atoms with E-state index in [0.29, 0.717) is 5.56 Å². The average molecular weight is 275 g/mol. The fourth-order valence-electron chi connectivity index (χ4n) is 1.55. The number of rotatable bonds is 6. The predicted molar refractivity (Wildman–Crippen MR) is 71.4 cm³/mol. The molecular weight excluding hydrogens is 262 g/mol. The van der Waals surface area contributed by atoms with E-state index in [9.17, 15) is 19.7 Å². The second-order valence-corrected chi connectivity index (χ2v) is 4.03. The SMILES string of the molecule is C#CC[C@H](NC(=O)Cc1cccc([N+](=O)[O-])c1)C(N)=O. The number of nitrogens with zero attached hydrogens (tertiary/aromatic N) is 1. The Labute approximate surface area is 115 Å². The van der Waals surface area contributed by atoms with Gasteiger partial charge in [0.2, 0.25) is 11.8 Å². The molecule has 0 saturated heterocycles. The standard InChI is InChI=1S/C13H13N3O4/c1-2-4-11(13(14)18)15-12(17)8-9-5-3-6-10(7-9)16(19)20/h1,3,5-7,11H,4,8H2,(H2,14,18)(H,15,17)/t11-/m0/s1. The van der Waals surface area contributed by atoms with Gasteiger partial charge in [-0.25, -0.2) is 0 Å². The Morgan fingerprint density at radius 1 is 1.50 bits per heavy atom. The summed E-state index contributed by atoms with van der Waals surface area (Å²) in [5.41, 5.74) is 5.44. The molecule has 7 nitrogen and oxygen atoms in total. The number of terminal acetylenes is 1. The van der Waals surface area contributed by atoms with Crippen molar-refractivity contribution in [2.75, 3.05) is 0 Å². The Balaban J connectivity index is 2.71. The first-order valence-electron chi connectivity index (χ1n) is 5.69. The number of amides is 2. The topological polar surface area (TPSA) is 115 Å². The number of carbonyl (C=O) groups excluding carboxylic acids is 2. The lowest BCUT2D eigenvalue weighted by Gasteiger charge is -2.12. The van der Waals surface area contributed by atoms with Crippen molar-refractivity contribution >= 4 is 17.5 Å². The van der Waals surface area contributed by atoms with Crippen molar-refractivity contribution in [3.63, 3.8) is 0 Å². The molecule has 1 aromatic rings. The van der Waals surface area contributed by atoms with Gasteiger partial charge in [0.15, 0.2) is 0 Å². The summed E-state index contributed by atoms with van der Waals surface area (Å²) in [6.45, 7) is 0. The molecule has 1 atom stereocenters. The van der Waals surface area contributed by atoms with Crippen molar-refractivity contribution in [3.05, 3.63) is 39.9 Å². The van der Waals surface area contributed by atoms with Gasteiger partial charge in [-0.15, -0.1) is 12.3 Å². The summed E-state index contributed by atoms with van der Waals surface area (Å²) in [6, 6.07) is 4.73. The molecule has 0 saturated carbocycles. The van der Waals surface area contributed by atoms with Crippen LogP contribution in [-0.2, 0) is 16.0 Å². The van der Waals surface area contributed by atoms with E-state index < -0.39 is 22.8 Å². The number of non-ortho nitro benzene ring substituents is 1. The second kappa shape index (κ2) is 6.89. The number of nitrogens with one attached hydrogen (secondary N) is 1. The minimum atomic E-state index is -0.939. The molecule has 0 radical (unpaired) electrons. The van der Waals surface area contributed by atoms with E-state index in [-0.39, 0.29) is 18.5 Å². The van der Waals surface area contributed by atoms with Gasteiger partial charge < -0.3 is 11.1 Å². The molecule has 0 aliphatic heterocycles. The van der Waals surface area contributed by atoms with Crippen LogP contribution in [0.1, 0.15) is 12.0 Å². The maximum Gasteiger partial charge on any atom is 0.269 e.